The van der Waals surface area contributed by atoms with Crippen molar-refractivity contribution in [3.05, 3.63) is 77.7 Å². The maximum atomic E-state index is 13.4. The zero-order chi connectivity index (χ0) is 18.4. The molecule has 2 saturated heterocycles. The van der Waals surface area contributed by atoms with Crippen LogP contribution in [0.3, 0.4) is 0 Å². The second-order valence-corrected chi connectivity index (χ2v) is 7.69. The van der Waals surface area contributed by atoms with Crippen LogP contribution >= 0.6 is 0 Å². The van der Waals surface area contributed by atoms with Crippen LogP contribution in [-0.2, 0) is 0 Å². The lowest BCUT2D eigenvalue weighted by Gasteiger charge is -2.39. The number of amides is 1. The van der Waals surface area contributed by atoms with Gasteiger partial charge in [-0.05, 0) is 67.5 Å². The summed E-state index contributed by atoms with van der Waals surface area (Å²) in [6.45, 7) is 0. The van der Waals surface area contributed by atoms with Crippen LogP contribution in [0.15, 0.2) is 60.8 Å². The number of halogens is 1. The zero-order valence-corrected chi connectivity index (χ0v) is 15.0. The Balaban J connectivity index is 1.44. The first-order valence-electron chi connectivity index (χ1n) is 9.62. The van der Waals surface area contributed by atoms with Crippen molar-refractivity contribution in [3.8, 4) is 0 Å². The van der Waals surface area contributed by atoms with E-state index >= 15 is 0 Å². The minimum Gasteiger partial charge on any atom is -0.333 e. The molecule has 2 fully saturated rings. The molecule has 0 N–H and O–H groups in total. The van der Waals surface area contributed by atoms with Gasteiger partial charge < -0.3 is 4.90 Å². The lowest BCUT2D eigenvalue weighted by molar-refractivity contribution is 0.0573. The highest BCUT2D eigenvalue weighted by molar-refractivity contribution is 6.06. The van der Waals surface area contributed by atoms with E-state index in [2.05, 4.69) is 9.88 Å². The molecule has 0 spiro atoms. The molecule has 0 radical (unpaired) electrons. The van der Waals surface area contributed by atoms with Crippen molar-refractivity contribution in [1.82, 2.24) is 9.88 Å². The van der Waals surface area contributed by atoms with E-state index in [0.717, 1.165) is 42.1 Å². The van der Waals surface area contributed by atoms with Gasteiger partial charge in [0.2, 0.25) is 0 Å². The number of hydrogen-bond acceptors (Lipinski definition) is 2. The van der Waals surface area contributed by atoms with E-state index in [1.54, 1.807) is 6.20 Å². The first-order valence-corrected chi connectivity index (χ1v) is 9.62. The number of benzene rings is 2. The molecule has 2 bridgehead atoms. The van der Waals surface area contributed by atoms with Crippen LogP contribution in [0.25, 0.3) is 10.9 Å². The van der Waals surface area contributed by atoms with Crippen LogP contribution in [0.2, 0.25) is 0 Å². The Hall–Kier alpha value is -2.75. The third kappa shape index (κ3) is 2.80. The molecule has 3 aromatic rings. The minimum absolute atomic E-state index is 0.124. The van der Waals surface area contributed by atoms with Crippen molar-refractivity contribution in [3.63, 3.8) is 0 Å². The maximum Gasteiger partial charge on any atom is 0.255 e. The molecule has 1 aromatic heterocycles. The van der Waals surface area contributed by atoms with Crippen molar-refractivity contribution in [2.75, 3.05) is 0 Å². The molecule has 2 aliphatic heterocycles. The summed E-state index contributed by atoms with van der Waals surface area (Å²) in [6, 6.07) is 17.0. The molecule has 1 amide bonds. The first-order chi connectivity index (χ1) is 13.2. The Morgan fingerprint density at radius 3 is 2.44 bits per heavy atom. The third-order valence-corrected chi connectivity index (χ3v) is 6.19. The summed E-state index contributed by atoms with van der Waals surface area (Å²) in [6.07, 6.45) is 5.77. The highest BCUT2D eigenvalue weighted by Gasteiger charge is 2.43. The highest BCUT2D eigenvalue weighted by Crippen LogP contribution is 2.44. The molecule has 2 aliphatic rings. The molecule has 136 valence electrons. The Morgan fingerprint density at radius 2 is 1.70 bits per heavy atom. The van der Waals surface area contributed by atoms with E-state index in [4.69, 9.17) is 0 Å². The fourth-order valence-corrected chi connectivity index (χ4v) is 4.94. The molecule has 0 saturated carbocycles. The summed E-state index contributed by atoms with van der Waals surface area (Å²) < 4.78 is 13.2. The smallest absolute Gasteiger partial charge is 0.255 e. The summed E-state index contributed by atoms with van der Waals surface area (Å²) in [5.74, 6) is 0.332. The van der Waals surface area contributed by atoms with Crippen molar-refractivity contribution in [2.45, 2.75) is 43.7 Å². The van der Waals surface area contributed by atoms with E-state index in [9.17, 15) is 9.18 Å². The number of nitrogens with zero attached hydrogens (tertiary/aromatic N) is 2. The van der Waals surface area contributed by atoms with Gasteiger partial charge in [0.1, 0.15) is 5.82 Å². The number of pyridine rings is 1. The summed E-state index contributed by atoms with van der Waals surface area (Å²) >= 11 is 0. The van der Waals surface area contributed by atoms with Crippen LogP contribution < -0.4 is 0 Å². The number of aromatic nitrogens is 1. The van der Waals surface area contributed by atoms with Gasteiger partial charge in [0, 0.05) is 29.2 Å². The molecule has 4 heteroatoms. The molecule has 3 nitrogen and oxygen atoms in total. The zero-order valence-electron chi connectivity index (χ0n) is 15.0. The lowest BCUT2D eigenvalue weighted by atomic mass is 9.84. The van der Waals surface area contributed by atoms with Gasteiger partial charge in [-0.25, -0.2) is 4.39 Å². The summed E-state index contributed by atoms with van der Waals surface area (Å²) in [4.78, 5) is 19.9. The predicted octanol–water partition coefficient (Wildman–Crippen LogP) is 4.92. The summed E-state index contributed by atoms with van der Waals surface area (Å²) in [7, 11) is 0. The number of piperidine rings is 1. The Labute approximate surface area is 157 Å². The SMILES string of the molecule is O=C(c1cccc2ncccc12)N1[C@H]2CC[C@H]1CC(c1ccc(F)cc1)C2. The monoisotopic (exact) mass is 360 g/mol. The van der Waals surface area contributed by atoms with Gasteiger partial charge >= 0.3 is 0 Å². The second kappa shape index (κ2) is 6.45. The largest absolute Gasteiger partial charge is 0.333 e. The first kappa shape index (κ1) is 16.4. The van der Waals surface area contributed by atoms with Crippen LogP contribution in [0.1, 0.15) is 47.5 Å². The molecular weight excluding hydrogens is 339 g/mol. The Bertz CT molecular complexity index is 981. The van der Waals surface area contributed by atoms with Gasteiger partial charge in [-0.15, -0.1) is 0 Å². The lowest BCUT2D eigenvalue weighted by Crippen LogP contribution is -2.46. The van der Waals surface area contributed by atoms with Crippen molar-refractivity contribution in [2.24, 2.45) is 0 Å². The number of fused-ring (bicyclic) bond motifs is 3. The van der Waals surface area contributed by atoms with Crippen LogP contribution in [0.4, 0.5) is 4.39 Å². The Morgan fingerprint density at radius 1 is 0.963 bits per heavy atom. The van der Waals surface area contributed by atoms with Gasteiger partial charge in [-0.3, -0.25) is 9.78 Å². The average Bonchev–Trinajstić information content (AvgIpc) is 2.97. The van der Waals surface area contributed by atoms with E-state index in [0.29, 0.717) is 5.92 Å². The standard InChI is InChI=1S/C23H21FN2O/c24-17-8-6-15(7-9-17)16-13-18-10-11-19(14-16)26(18)23(27)21-3-1-5-22-20(21)4-2-12-25-22/h1-9,12,16,18-19H,10-11,13-14H2/t18-,19-/m0/s1. The quantitative estimate of drug-likeness (QED) is 0.649. The normalized spacial score (nSPS) is 24.3. The van der Waals surface area contributed by atoms with E-state index in [1.165, 1.54) is 17.7 Å². The topological polar surface area (TPSA) is 33.2 Å². The minimum atomic E-state index is -0.195. The van der Waals surface area contributed by atoms with E-state index in [-0.39, 0.29) is 23.8 Å². The summed E-state index contributed by atoms with van der Waals surface area (Å²) in [5.41, 5.74) is 2.80. The molecular formula is C23H21FN2O. The van der Waals surface area contributed by atoms with Crippen molar-refractivity contribution in [1.29, 1.82) is 0 Å². The molecule has 27 heavy (non-hydrogen) atoms. The average molecular weight is 360 g/mol. The van der Waals surface area contributed by atoms with Gasteiger partial charge in [0.15, 0.2) is 0 Å². The van der Waals surface area contributed by atoms with Crippen LogP contribution in [-0.4, -0.2) is 27.9 Å². The number of carbonyl (C=O) groups is 1. The predicted molar refractivity (Wildman–Crippen MR) is 103 cm³/mol. The number of hydrogen-bond donors (Lipinski definition) is 0. The number of rotatable bonds is 2. The fourth-order valence-electron chi connectivity index (χ4n) is 4.94. The Kier molecular flexibility index (Phi) is 3.92. The third-order valence-electron chi connectivity index (χ3n) is 6.19. The molecule has 0 aliphatic carbocycles. The number of carbonyl (C=O) groups excluding carboxylic acids is 1. The fraction of sp³-hybridized carbons (Fsp3) is 0.304. The molecule has 3 heterocycles. The highest BCUT2D eigenvalue weighted by atomic mass is 19.1. The van der Waals surface area contributed by atoms with E-state index < -0.39 is 0 Å². The van der Waals surface area contributed by atoms with Gasteiger partial charge in [0.25, 0.3) is 5.91 Å². The molecule has 0 unspecified atom stereocenters. The van der Waals surface area contributed by atoms with Crippen molar-refractivity contribution < 1.29 is 9.18 Å². The summed E-state index contributed by atoms with van der Waals surface area (Å²) in [5, 5.41) is 0.921. The van der Waals surface area contributed by atoms with Crippen LogP contribution in [0, 0.1) is 5.82 Å². The van der Waals surface area contributed by atoms with Crippen LogP contribution in [0.5, 0.6) is 0 Å². The van der Waals surface area contributed by atoms with Gasteiger partial charge in [-0.2, -0.15) is 0 Å². The molecule has 5 rings (SSSR count). The molecule has 2 atom stereocenters. The van der Waals surface area contributed by atoms with E-state index in [1.807, 2.05) is 42.5 Å². The second-order valence-electron chi connectivity index (χ2n) is 7.69. The van der Waals surface area contributed by atoms with Gasteiger partial charge in [-0.1, -0.05) is 24.3 Å². The molecule has 2 aromatic carbocycles. The van der Waals surface area contributed by atoms with Gasteiger partial charge in [0.05, 0.1) is 5.52 Å². The maximum absolute atomic E-state index is 13.4. The van der Waals surface area contributed by atoms with Crippen molar-refractivity contribution >= 4 is 16.8 Å².